The number of benzene rings is 1. The van der Waals surface area contributed by atoms with Gasteiger partial charge in [-0.3, -0.25) is 9.80 Å². The van der Waals surface area contributed by atoms with Gasteiger partial charge in [-0.25, -0.2) is 0 Å². The van der Waals surface area contributed by atoms with E-state index >= 15 is 0 Å². The summed E-state index contributed by atoms with van der Waals surface area (Å²) in [6.07, 6.45) is 0. The van der Waals surface area contributed by atoms with Gasteiger partial charge in [-0.15, -0.1) is 0 Å². The van der Waals surface area contributed by atoms with E-state index in [2.05, 4.69) is 67.5 Å². The topological polar surface area (TPSA) is 6.48 Å². The Kier molecular flexibility index (Phi) is 5.31. The summed E-state index contributed by atoms with van der Waals surface area (Å²) in [6.45, 7) is 12.3. The Bertz CT molecular complexity index is 395. The van der Waals surface area contributed by atoms with E-state index in [0.29, 0.717) is 11.3 Å². The van der Waals surface area contributed by atoms with E-state index in [9.17, 15) is 0 Å². The van der Waals surface area contributed by atoms with E-state index in [4.69, 9.17) is 0 Å². The Balaban J connectivity index is 1.90. The summed E-state index contributed by atoms with van der Waals surface area (Å²) in [6, 6.07) is 9.03. The molecule has 1 aliphatic heterocycles. The molecule has 0 N–H and O–H groups in total. The van der Waals surface area contributed by atoms with Crippen molar-refractivity contribution < 1.29 is 0 Å². The van der Waals surface area contributed by atoms with Gasteiger partial charge in [0.1, 0.15) is 0 Å². The van der Waals surface area contributed by atoms with Gasteiger partial charge in [0.15, 0.2) is 0 Å². The molecule has 0 bridgehead atoms. The molecule has 0 amide bonds. The first-order chi connectivity index (χ1) is 9.06. The van der Waals surface area contributed by atoms with Crippen molar-refractivity contribution in [2.45, 2.75) is 38.6 Å². The number of rotatable bonds is 4. The number of hydrogen-bond acceptors (Lipinski definition) is 3. The van der Waals surface area contributed by atoms with Gasteiger partial charge in [-0.2, -0.15) is 12.6 Å². The van der Waals surface area contributed by atoms with E-state index in [1.54, 1.807) is 0 Å². The molecule has 0 radical (unpaired) electrons. The van der Waals surface area contributed by atoms with Crippen LogP contribution in [0.3, 0.4) is 0 Å². The van der Waals surface area contributed by atoms with E-state index in [1.807, 2.05) is 0 Å². The smallest absolute Gasteiger partial charge is 0.0500 e. The van der Waals surface area contributed by atoms with Crippen molar-refractivity contribution in [3.05, 3.63) is 35.4 Å². The first-order valence-corrected chi connectivity index (χ1v) is 7.81. The summed E-state index contributed by atoms with van der Waals surface area (Å²) in [5, 5.41) is 0.381. The lowest BCUT2D eigenvalue weighted by Gasteiger charge is -2.36. The van der Waals surface area contributed by atoms with Gasteiger partial charge in [0.25, 0.3) is 0 Å². The van der Waals surface area contributed by atoms with Crippen LogP contribution in [0.2, 0.25) is 0 Å². The highest BCUT2D eigenvalue weighted by Crippen LogP contribution is 2.17. The highest BCUT2D eigenvalue weighted by Gasteiger charge is 2.19. The average Bonchev–Trinajstić information content (AvgIpc) is 2.39. The molecule has 0 spiro atoms. The maximum Gasteiger partial charge on any atom is 0.0500 e. The van der Waals surface area contributed by atoms with Gasteiger partial charge in [-0.1, -0.05) is 38.1 Å². The second-order valence-electron chi connectivity index (χ2n) is 5.84. The number of thiol groups is 1. The molecule has 1 fully saturated rings. The van der Waals surface area contributed by atoms with Crippen molar-refractivity contribution in [1.29, 1.82) is 0 Å². The lowest BCUT2D eigenvalue weighted by atomic mass is 10.0. The lowest BCUT2D eigenvalue weighted by molar-refractivity contribution is 0.123. The number of nitrogens with zero attached hydrogens (tertiary/aromatic N) is 2. The minimum absolute atomic E-state index is 0.381. The van der Waals surface area contributed by atoms with Gasteiger partial charge in [-0.05, 0) is 24.0 Å². The summed E-state index contributed by atoms with van der Waals surface area (Å²) in [4.78, 5) is 4.98. The predicted molar refractivity (Wildman–Crippen MR) is 85.8 cm³/mol. The van der Waals surface area contributed by atoms with Crippen molar-refractivity contribution in [3.63, 3.8) is 0 Å². The van der Waals surface area contributed by atoms with Gasteiger partial charge < -0.3 is 0 Å². The fraction of sp³-hybridized carbons (Fsp3) is 0.625. The second-order valence-corrected chi connectivity index (χ2v) is 6.59. The van der Waals surface area contributed by atoms with Gasteiger partial charge in [0.2, 0.25) is 0 Å². The summed E-state index contributed by atoms with van der Waals surface area (Å²) < 4.78 is 0. The maximum atomic E-state index is 4.51. The molecule has 3 heteroatoms. The van der Waals surface area contributed by atoms with Crippen LogP contribution >= 0.6 is 12.6 Å². The van der Waals surface area contributed by atoms with Crippen LogP contribution in [0.4, 0.5) is 0 Å². The first-order valence-electron chi connectivity index (χ1n) is 7.29. The molecule has 1 atom stereocenters. The maximum absolute atomic E-state index is 4.51. The zero-order valence-corrected chi connectivity index (χ0v) is 13.2. The standard InChI is InChI=1S/C16H26N2S/c1-13(2)16-6-4-5-15(11-16)12-17-7-9-18(10-8-17)14(3)19/h4-6,11,13-14,19H,7-10,12H2,1-3H3. The third kappa shape index (κ3) is 4.23. The second kappa shape index (κ2) is 6.78. The van der Waals surface area contributed by atoms with Crippen LogP contribution in [0.5, 0.6) is 0 Å². The molecule has 0 saturated carbocycles. The zero-order valence-electron chi connectivity index (χ0n) is 12.3. The van der Waals surface area contributed by atoms with Crippen molar-refractivity contribution >= 4 is 12.6 Å². The number of hydrogen-bond donors (Lipinski definition) is 1. The quantitative estimate of drug-likeness (QED) is 0.845. The van der Waals surface area contributed by atoms with Crippen molar-refractivity contribution in [1.82, 2.24) is 9.80 Å². The summed E-state index contributed by atoms with van der Waals surface area (Å²) >= 11 is 4.51. The molecule has 1 saturated heterocycles. The molecular weight excluding hydrogens is 252 g/mol. The Morgan fingerprint density at radius 1 is 1.11 bits per heavy atom. The van der Waals surface area contributed by atoms with Gasteiger partial charge in [0, 0.05) is 38.1 Å². The van der Waals surface area contributed by atoms with E-state index in [0.717, 1.165) is 32.7 Å². The summed E-state index contributed by atoms with van der Waals surface area (Å²) in [5.41, 5.74) is 2.89. The molecule has 2 nitrogen and oxygen atoms in total. The van der Waals surface area contributed by atoms with Crippen LogP contribution in [0.1, 0.15) is 37.8 Å². The third-order valence-electron chi connectivity index (χ3n) is 3.96. The minimum atomic E-state index is 0.381. The van der Waals surface area contributed by atoms with Crippen LogP contribution in [0, 0.1) is 0 Å². The van der Waals surface area contributed by atoms with Crippen LogP contribution in [-0.2, 0) is 6.54 Å². The molecule has 1 aliphatic rings. The summed E-state index contributed by atoms with van der Waals surface area (Å²) in [5.74, 6) is 0.613. The normalized spacial score (nSPS) is 19.8. The van der Waals surface area contributed by atoms with Crippen molar-refractivity contribution in [3.8, 4) is 0 Å². The molecule has 19 heavy (non-hydrogen) atoms. The molecule has 1 heterocycles. The van der Waals surface area contributed by atoms with Gasteiger partial charge in [0.05, 0.1) is 0 Å². The third-order valence-corrected chi connectivity index (χ3v) is 4.29. The average molecular weight is 278 g/mol. The van der Waals surface area contributed by atoms with Crippen LogP contribution in [0.25, 0.3) is 0 Å². The molecular formula is C16H26N2S. The van der Waals surface area contributed by atoms with Crippen molar-refractivity contribution in [2.24, 2.45) is 0 Å². The van der Waals surface area contributed by atoms with E-state index in [-0.39, 0.29) is 0 Å². The fourth-order valence-corrected chi connectivity index (χ4v) is 2.83. The minimum Gasteiger partial charge on any atom is -0.297 e. The molecule has 1 aromatic carbocycles. The van der Waals surface area contributed by atoms with Gasteiger partial charge >= 0.3 is 0 Å². The first kappa shape index (κ1) is 14.9. The number of piperazine rings is 1. The SMILES string of the molecule is CC(C)c1cccc(CN2CCN(C(C)S)CC2)c1. The van der Waals surface area contributed by atoms with E-state index in [1.165, 1.54) is 11.1 Å². The highest BCUT2D eigenvalue weighted by molar-refractivity contribution is 7.80. The molecule has 1 unspecified atom stereocenters. The summed E-state index contributed by atoms with van der Waals surface area (Å²) in [7, 11) is 0. The molecule has 0 aromatic heterocycles. The molecule has 2 rings (SSSR count). The predicted octanol–water partition coefficient (Wildman–Crippen LogP) is 3.20. The molecule has 0 aliphatic carbocycles. The lowest BCUT2D eigenvalue weighted by Crippen LogP contribution is -2.47. The van der Waals surface area contributed by atoms with Crippen LogP contribution < -0.4 is 0 Å². The molecule has 106 valence electrons. The van der Waals surface area contributed by atoms with E-state index < -0.39 is 0 Å². The highest BCUT2D eigenvalue weighted by atomic mass is 32.1. The Morgan fingerprint density at radius 2 is 1.79 bits per heavy atom. The Labute approximate surface area is 123 Å². The largest absolute Gasteiger partial charge is 0.297 e. The van der Waals surface area contributed by atoms with Crippen molar-refractivity contribution in [2.75, 3.05) is 26.2 Å². The Hall–Kier alpha value is -0.510. The monoisotopic (exact) mass is 278 g/mol. The Morgan fingerprint density at radius 3 is 2.37 bits per heavy atom. The fourth-order valence-electron chi connectivity index (χ4n) is 2.60. The molecule has 1 aromatic rings. The van der Waals surface area contributed by atoms with Crippen LogP contribution in [0.15, 0.2) is 24.3 Å². The van der Waals surface area contributed by atoms with Crippen LogP contribution in [-0.4, -0.2) is 41.4 Å². The zero-order chi connectivity index (χ0) is 13.8.